The van der Waals surface area contributed by atoms with Crippen LogP contribution in [0.2, 0.25) is 0 Å². The Morgan fingerprint density at radius 1 is 0.875 bits per heavy atom. The van der Waals surface area contributed by atoms with Crippen molar-refractivity contribution in [2.75, 3.05) is 21.3 Å². The quantitative estimate of drug-likeness (QED) is 0.788. The third kappa shape index (κ3) is 3.33. The van der Waals surface area contributed by atoms with Gasteiger partial charge in [-0.05, 0) is 24.1 Å². The highest BCUT2D eigenvalue weighted by molar-refractivity contribution is 5.53. The summed E-state index contributed by atoms with van der Waals surface area (Å²) in [5.41, 5.74) is 1.17. The molecular weight excluding hydrogens is 204 g/mol. The van der Waals surface area contributed by atoms with Crippen LogP contribution in [-0.2, 0) is 6.42 Å². The van der Waals surface area contributed by atoms with Crippen LogP contribution < -0.4 is 14.2 Å². The summed E-state index contributed by atoms with van der Waals surface area (Å²) in [7, 11) is 4.85. The molecule has 0 heterocycles. The van der Waals surface area contributed by atoms with Crippen LogP contribution in [0.15, 0.2) is 12.1 Å². The Kier molecular flexibility index (Phi) is 7.18. The molecule has 1 aromatic carbocycles. The van der Waals surface area contributed by atoms with Crippen LogP contribution in [0.25, 0.3) is 0 Å². The van der Waals surface area contributed by atoms with Crippen molar-refractivity contribution in [1.82, 2.24) is 0 Å². The number of methoxy groups -OCH3 is 3. The summed E-state index contributed by atoms with van der Waals surface area (Å²) in [6, 6.07) is 3.92. The normalized spacial score (nSPS) is 8.88. The van der Waals surface area contributed by atoms with Gasteiger partial charge in [0.1, 0.15) is 0 Å². The highest BCUT2D eigenvalue weighted by Crippen LogP contribution is 2.38. The standard InChI is InChI=1S/C11H16O3.C2H6/c1-5-8-6-9(12-2)11(14-4)10(7-8)13-3;1-2/h6-7H,5H2,1-4H3;1-2H3. The molecule has 0 bridgehead atoms. The first-order valence-electron chi connectivity index (χ1n) is 5.55. The van der Waals surface area contributed by atoms with E-state index in [1.807, 2.05) is 26.0 Å². The van der Waals surface area contributed by atoms with Crippen LogP contribution in [0.5, 0.6) is 17.2 Å². The van der Waals surface area contributed by atoms with Gasteiger partial charge in [0, 0.05) is 0 Å². The number of aryl methyl sites for hydroxylation is 1. The summed E-state index contributed by atoms with van der Waals surface area (Å²) < 4.78 is 15.6. The largest absolute Gasteiger partial charge is 0.493 e. The zero-order chi connectivity index (χ0) is 12.6. The van der Waals surface area contributed by atoms with Gasteiger partial charge in [0.2, 0.25) is 5.75 Å². The van der Waals surface area contributed by atoms with Crippen LogP contribution in [0.1, 0.15) is 26.3 Å². The molecule has 0 radical (unpaired) electrons. The second-order valence-electron chi connectivity index (χ2n) is 2.89. The Hall–Kier alpha value is -1.38. The van der Waals surface area contributed by atoms with Gasteiger partial charge in [0.15, 0.2) is 11.5 Å². The maximum absolute atomic E-state index is 5.22. The van der Waals surface area contributed by atoms with Crippen molar-refractivity contribution in [3.05, 3.63) is 17.7 Å². The SMILES string of the molecule is CC.CCc1cc(OC)c(OC)c(OC)c1. The summed E-state index contributed by atoms with van der Waals surface area (Å²) in [5, 5.41) is 0. The minimum Gasteiger partial charge on any atom is -0.493 e. The fourth-order valence-corrected chi connectivity index (χ4v) is 1.34. The molecule has 0 spiro atoms. The van der Waals surface area contributed by atoms with E-state index >= 15 is 0 Å². The van der Waals surface area contributed by atoms with Gasteiger partial charge in [-0.3, -0.25) is 0 Å². The minimum absolute atomic E-state index is 0.646. The summed E-state index contributed by atoms with van der Waals surface area (Å²) in [4.78, 5) is 0. The van der Waals surface area contributed by atoms with Gasteiger partial charge in [0.05, 0.1) is 21.3 Å². The van der Waals surface area contributed by atoms with E-state index < -0.39 is 0 Å². The third-order valence-electron chi connectivity index (χ3n) is 2.13. The molecule has 16 heavy (non-hydrogen) atoms. The van der Waals surface area contributed by atoms with E-state index in [4.69, 9.17) is 14.2 Å². The average molecular weight is 226 g/mol. The van der Waals surface area contributed by atoms with Gasteiger partial charge in [-0.25, -0.2) is 0 Å². The highest BCUT2D eigenvalue weighted by atomic mass is 16.5. The Balaban J connectivity index is 0.00000106. The molecule has 1 rings (SSSR count). The summed E-state index contributed by atoms with van der Waals surface area (Å²) in [6.45, 7) is 6.08. The molecular formula is C13H22O3. The van der Waals surface area contributed by atoms with Crippen molar-refractivity contribution in [1.29, 1.82) is 0 Å². The maximum atomic E-state index is 5.22. The molecule has 0 atom stereocenters. The van der Waals surface area contributed by atoms with Crippen LogP contribution >= 0.6 is 0 Å². The predicted octanol–water partition coefficient (Wildman–Crippen LogP) is 3.30. The number of hydrogen-bond acceptors (Lipinski definition) is 3. The van der Waals surface area contributed by atoms with Crippen LogP contribution in [-0.4, -0.2) is 21.3 Å². The zero-order valence-corrected chi connectivity index (χ0v) is 11.1. The molecule has 3 nitrogen and oxygen atoms in total. The zero-order valence-electron chi connectivity index (χ0n) is 11.1. The second-order valence-corrected chi connectivity index (χ2v) is 2.89. The molecule has 1 aromatic rings. The molecule has 3 heteroatoms. The molecule has 92 valence electrons. The van der Waals surface area contributed by atoms with Crippen LogP contribution in [0.4, 0.5) is 0 Å². The first-order chi connectivity index (χ1) is 7.76. The number of benzene rings is 1. The summed E-state index contributed by atoms with van der Waals surface area (Å²) in [5.74, 6) is 2.07. The van der Waals surface area contributed by atoms with Gasteiger partial charge >= 0.3 is 0 Å². The van der Waals surface area contributed by atoms with Crippen molar-refractivity contribution in [2.45, 2.75) is 27.2 Å². The van der Waals surface area contributed by atoms with Crippen LogP contribution in [0, 0.1) is 0 Å². The van der Waals surface area contributed by atoms with Gasteiger partial charge in [-0.2, -0.15) is 0 Å². The van der Waals surface area contributed by atoms with Gasteiger partial charge < -0.3 is 14.2 Å². The number of hydrogen-bond donors (Lipinski definition) is 0. The maximum Gasteiger partial charge on any atom is 0.203 e. The molecule has 0 aliphatic carbocycles. The smallest absolute Gasteiger partial charge is 0.203 e. The van der Waals surface area contributed by atoms with Gasteiger partial charge in [0.25, 0.3) is 0 Å². The average Bonchev–Trinajstić information content (AvgIpc) is 2.39. The summed E-state index contributed by atoms with van der Waals surface area (Å²) in [6.07, 6.45) is 0.941. The van der Waals surface area contributed by atoms with E-state index in [-0.39, 0.29) is 0 Å². The molecule has 0 aliphatic heterocycles. The third-order valence-corrected chi connectivity index (χ3v) is 2.13. The number of rotatable bonds is 4. The predicted molar refractivity (Wildman–Crippen MR) is 66.8 cm³/mol. The van der Waals surface area contributed by atoms with E-state index in [0.717, 1.165) is 6.42 Å². The lowest BCUT2D eigenvalue weighted by Crippen LogP contribution is -1.96. The first kappa shape index (κ1) is 14.6. The fourth-order valence-electron chi connectivity index (χ4n) is 1.34. The molecule has 0 amide bonds. The molecule has 0 aliphatic rings. The lowest BCUT2D eigenvalue weighted by Gasteiger charge is -2.13. The van der Waals surface area contributed by atoms with Crippen molar-refractivity contribution in [2.24, 2.45) is 0 Å². The second kappa shape index (κ2) is 7.85. The van der Waals surface area contributed by atoms with E-state index in [2.05, 4.69) is 6.92 Å². The molecule has 0 saturated heterocycles. The monoisotopic (exact) mass is 226 g/mol. The fraction of sp³-hybridized carbons (Fsp3) is 0.538. The Morgan fingerprint density at radius 3 is 1.56 bits per heavy atom. The molecule has 0 saturated carbocycles. The summed E-state index contributed by atoms with van der Waals surface area (Å²) >= 11 is 0. The van der Waals surface area contributed by atoms with Gasteiger partial charge in [-0.1, -0.05) is 20.8 Å². The van der Waals surface area contributed by atoms with Crippen molar-refractivity contribution < 1.29 is 14.2 Å². The lowest BCUT2D eigenvalue weighted by molar-refractivity contribution is 0.324. The van der Waals surface area contributed by atoms with E-state index in [1.165, 1.54) is 5.56 Å². The Labute approximate surface area is 98.3 Å². The van der Waals surface area contributed by atoms with E-state index in [0.29, 0.717) is 17.2 Å². The molecule has 0 unspecified atom stereocenters. The van der Waals surface area contributed by atoms with Gasteiger partial charge in [-0.15, -0.1) is 0 Å². The highest BCUT2D eigenvalue weighted by Gasteiger charge is 2.11. The molecule has 0 N–H and O–H groups in total. The van der Waals surface area contributed by atoms with E-state index in [9.17, 15) is 0 Å². The topological polar surface area (TPSA) is 27.7 Å². The van der Waals surface area contributed by atoms with Crippen molar-refractivity contribution in [3.63, 3.8) is 0 Å². The number of ether oxygens (including phenoxy) is 3. The molecule has 0 fully saturated rings. The molecule has 0 aromatic heterocycles. The van der Waals surface area contributed by atoms with Crippen LogP contribution in [0.3, 0.4) is 0 Å². The Morgan fingerprint density at radius 2 is 1.31 bits per heavy atom. The Bertz CT molecular complexity index is 283. The lowest BCUT2D eigenvalue weighted by atomic mass is 10.1. The first-order valence-corrected chi connectivity index (χ1v) is 5.55. The van der Waals surface area contributed by atoms with Crippen molar-refractivity contribution >= 4 is 0 Å². The van der Waals surface area contributed by atoms with E-state index in [1.54, 1.807) is 21.3 Å². The minimum atomic E-state index is 0.646. The van der Waals surface area contributed by atoms with Crippen molar-refractivity contribution in [3.8, 4) is 17.2 Å².